The number of ether oxygens (including phenoxy) is 2. The van der Waals surface area contributed by atoms with Crippen LogP contribution in [0.1, 0.15) is 12.5 Å². The molecule has 0 saturated carbocycles. The number of halogens is 3. The minimum Gasteiger partial charge on any atom is -0.490 e. The van der Waals surface area contributed by atoms with Gasteiger partial charge >= 0.3 is 5.97 Å². The lowest BCUT2D eigenvalue weighted by Gasteiger charge is -2.13. The number of nitrogens with zero attached hydrogens (tertiary/aromatic N) is 1. The van der Waals surface area contributed by atoms with Crippen molar-refractivity contribution in [1.29, 1.82) is 5.26 Å². The number of benzene rings is 2. The molecule has 0 unspecified atom stereocenters. The van der Waals surface area contributed by atoms with Crippen LogP contribution in [0.5, 0.6) is 11.5 Å². The SMILES string of the molecule is CCOc1cc(/C=C(\C#N)C(=O)Nc2ccc(Cl)c(Cl)c2)cc(I)c1OCC(=O)O. The molecule has 0 heterocycles. The molecule has 0 aromatic heterocycles. The number of carboxylic acids is 1. The quantitative estimate of drug-likeness (QED) is 0.267. The van der Waals surface area contributed by atoms with Crippen LogP contribution in [-0.4, -0.2) is 30.2 Å². The number of aliphatic carboxylic acids is 1. The number of hydrogen-bond donors (Lipinski definition) is 2. The molecular weight excluding hydrogens is 546 g/mol. The van der Waals surface area contributed by atoms with Gasteiger partial charge in [-0.05, 0) is 71.5 Å². The van der Waals surface area contributed by atoms with Crippen molar-refractivity contribution in [3.8, 4) is 17.6 Å². The van der Waals surface area contributed by atoms with Crippen molar-refractivity contribution >= 4 is 69.4 Å². The van der Waals surface area contributed by atoms with E-state index in [-0.39, 0.29) is 16.3 Å². The molecule has 0 atom stereocenters. The first-order chi connectivity index (χ1) is 14.2. The summed E-state index contributed by atoms with van der Waals surface area (Å²) in [5, 5.41) is 21.5. The molecule has 10 heteroatoms. The highest BCUT2D eigenvalue weighted by Gasteiger charge is 2.15. The van der Waals surface area contributed by atoms with Crippen molar-refractivity contribution in [3.63, 3.8) is 0 Å². The molecule has 0 aliphatic carbocycles. The van der Waals surface area contributed by atoms with Crippen molar-refractivity contribution in [2.24, 2.45) is 0 Å². The highest BCUT2D eigenvalue weighted by Crippen LogP contribution is 2.35. The Morgan fingerprint density at radius 1 is 1.23 bits per heavy atom. The maximum atomic E-state index is 12.5. The van der Waals surface area contributed by atoms with Crippen LogP contribution < -0.4 is 14.8 Å². The van der Waals surface area contributed by atoms with E-state index in [0.29, 0.717) is 32.2 Å². The Balaban J connectivity index is 2.33. The molecule has 2 aromatic carbocycles. The van der Waals surface area contributed by atoms with Crippen molar-refractivity contribution in [2.45, 2.75) is 6.92 Å². The van der Waals surface area contributed by atoms with Crippen LogP contribution in [0.15, 0.2) is 35.9 Å². The van der Waals surface area contributed by atoms with Gasteiger partial charge in [0.25, 0.3) is 5.91 Å². The molecule has 2 rings (SSSR count). The Bertz CT molecular complexity index is 1050. The molecular formula is C20H15Cl2IN2O5. The summed E-state index contributed by atoms with van der Waals surface area (Å²) in [6.07, 6.45) is 1.39. The highest BCUT2D eigenvalue weighted by molar-refractivity contribution is 14.1. The van der Waals surface area contributed by atoms with Crippen molar-refractivity contribution < 1.29 is 24.2 Å². The molecule has 0 saturated heterocycles. The summed E-state index contributed by atoms with van der Waals surface area (Å²) in [7, 11) is 0. The number of nitrogens with one attached hydrogen (secondary N) is 1. The average Bonchev–Trinajstić information content (AvgIpc) is 2.68. The lowest BCUT2D eigenvalue weighted by atomic mass is 10.1. The largest absolute Gasteiger partial charge is 0.490 e. The second kappa shape index (κ2) is 11.1. The molecule has 0 aliphatic rings. The Labute approximate surface area is 196 Å². The smallest absolute Gasteiger partial charge is 0.341 e. The first-order valence-corrected chi connectivity index (χ1v) is 10.3. The molecule has 0 fully saturated rings. The van der Waals surface area contributed by atoms with Crippen LogP contribution in [-0.2, 0) is 9.59 Å². The number of carbonyl (C=O) groups is 2. The third-order valence-electron chi connectivity index (χ3n) is 3.53. The molecule has 0 bridgehead atoms. The van der Waals surface area contributed by atoms with Crippen LogP contribution in [0.25, 0.3) is 6.08 Å². The van der Waals surface area contributed by atoms with E-state index in [1.165, 1.54) is 18.2 Å². The number of nitriles is 1. The molecule has 2 aromatic rings. The fourth-order valence-electron chi connectivity index (χ4n) is 2.30. The normalized spacial score (nSPS) is 10.8. The summed E-state index contributed by atoms with van der Waals surface area (Å²) in [5.41, 5.74) is 0.738. The second-order valence-electron chi connectivity index (χ2n) is 5.70. The zero-order valence-electron chi connectivity index (χ0n) is 15.5. The predicted molar refractivity (Wildman–Crippen MR) is 122 cm³/mol. The molecule has 156 valence electrons. The summed E-state index contributed by atoms with van der Waals surface area (Å²) in [6.45, 7) is 1.55. The highest BCUT2D eigenvalue weighted by atomic mass is 127. The van der Waals surface area contributed by atoms with Gasteiger partial charge in [-0.25, -0.2) is 4.79 Å². The third-order valence-corrected chi connectivity index (χ3v) is 5.07. The molecule has 0 radical (unpaired) electrons. The van der Waals surface area contributed by atoms with Crippen molar-refractivity contribution in [1.82, 2.24) is 0 Å². The number of anilines is 1. The Hall–Kier alpha value is -2.48. The molecule has 1 amide bonds. The van der Waals surface area contributed by atoms with Gasteiger partial charge in [0.05, 0.1) is 20.2 Å². The lowest BCUT2D eigenvalue weighted by molar-refractivity contribution is -0.139. The minimum absolute atomic E-state index is 0.154. The van der Waals surface area contributed by atoms with Gasteiger partial charge in [0.1, 0.15) is 11.6 Å². The van der Waals surface area contributed by atoms with Gasteiger partial charge in [0.2, 0.25) is 0 Å². The fourth-order valence-corrected chi connectivity index (χ4v) is 3.37. The minimum atomic E-state index is -1.12. The van der Waals surface area contributed by atoms with Crippen LogP contribution in [0, 0.1) is 14.9 Å². The summed E-state index contributed by atoms with van der Waals surface area (Å²) in [4.78, 5) is 23.3. The first kappa shape index (κ1) is 23.8. The topological polar surface area (TPSA) is 109 Å². The molecule has 30 heavy (non-hydrogen) atoms. The Morgan fingerprint density at radius 2 is 1.97 bits per heavy atom. The maximum absolute atomic E-state index is 12.5. The van der Waals surface area contributed by atoms with Gasteiger partial charge in [0.15, 0.2) is 18.1 Å². The van der Waals surface area contributed by atoms with E-state index in [9.17, 15) is 14.9 Å². The van der Waals surface area contributed by atoms with Gasteiger partial charge in [0, 0.05) is 5.69 Å². The van der Waals surface area contributed by atoms with Gasteiger partial charge in [-0.3, -0.25) is 4.79 Å². The molecule has 0 spiro atoms. The van der Waals surface area contributed by atoms with Gasteiger partial charge < -0.3 is 19.9 Å². The summed E-state index contributed by atoms with van der Waals surface area (Å²) in [6, 6.07) is 9.63. The first-order valence-electron chi connectivity index (χ1n) is 8.44. The summed E-state index contributed by atoms with van der Waals surface area (Å²) in [5.74, 6) is -1.17. The van der Waals surface area contributed by atoms with E-state index < -0.39 is 18.5 Å². The Morgan fingerprint density at radius 3 is 2.57 bits per heavy atom. The van der Waals surface area contributed by atoms with Crippen LogP contribution >= 0.6 is 45.8 Å². The Kier molecular flexibility index (Phi) is 8.77. The van der Waals surface area contributed by atoms with Gasteiger partial charge in [-0.2, -0.15) is 5.26 Å². The number of amides is 1. The van der Waals surface area contributed by atoms with E-state index in [4.69, 9.17) is 37.8 Å². The molecule has 7 nitrogen and oxygen atoms in total. The standard InChI is InChI=1S/C20H15Cl2IN2O5/c1-2-29-17-7-11(6-16(23)19(17)30-10-18(26)27)5-12(9-24)20(28)25-13-3-4-14(21)15(22)8-13/h3-8H,2,10H2,1H3,(H,25,28)(H,26,27)/b12-5+. The van der Waals surface area contributed by atoms with E-state index >= 15 is 0 Å². The van der Waals surface area contributed by atoms with E-state index in [2.05, 4.69) is 5.32 Å². The second-order valence-corrected chi connectivity index (χ2v) is 7.67. The van der Waals surface area contributed by atoms with E-state index in [1.54, 1.807) is 25.1 Å². The monoisotopic (exact) mass is 560 g/mol. The third kappa shape index (κ3) is 6.52. The summed E-state index contributed by atoms with van der Waals surface area (Å²) >= 11 is 13.8. The average molecular weight is 561 g/mol. The van der Waals surface area contributed by atoms with Crippen molar-refractivity contribution in [3.05, 3.63) is 55.1 Å². The lowest BCUT2D eigenvalue weighted by Crippen LogP contribution is -2.13. The zero-order chi connectivity index (χ0) is 22.3. The number of carboxylic acid groups (broad SMARTS) is 1. The van der Waals surface area contributed by atoms with Crippen molar-refractivity contribution in [2.75, 3.05) is 18.5 Å². The number of hydrogen-bond acceptors (Lipinski definition) is 5. The maximum Gasteiger partial charge on any atom is 0.341 e. The van der Waals surface area contributed by atoms with Crippen LogP contribution in [0.4, 0.5) is 5.69 Å². The molecule has 0 aliphatic heterocycles. The van der Waals surface area contributed by atoms with Gasteiger partial charge in [-0.1, -0.05) is 23.2 Å². The summed E-state index contributed by atoms with van der Waals surface area (Å²) < 4.78 is 11.4. The van der Waals surface area contributed by atoms with Crippen LogP contribution in [0.2, 0.25) is 10.0 Å². The van der Waals surface area contributed by atoms with E-state index in [1.807, 2.05) is 28.7 Å². The number of carbonyl (C=O) groups excluding carboxylic acids is 1. The number of rotatable bonds is 8. The fraction of sp³-hybridized carbons (Fsp3) is 0.150. The van der Waals surface area contributed by atoms with E-state index in [0.717, 1.165) is 0 Å². The molecule has 2 N–H and O–H groups in total. The van der Waals surface area contributed by atoms with Gasteiger partial charge in [-0.15, -0.1) is 0 Å². The predicted octanol–water partition coefficient (Wildman–Crippen LogP) is 5.01. The zero-order valence-corrected chi connectivity index (χ0v) is 19.2. The van der Waals surface area contributed by atoms with Crippen LogP contribution in [0.3, 0.4) is 0 Å².